The Kier molecular flexibility index (Phi) is 4.31. The minimum absolute atomic E-state index is 0.215. The summed E-state index contributed by atoms with van der Waals surface area (Å²) in [6, 6.07) is 5.28. The second-order valence-corrected chi connectivity index (χ2v) is 7.81. The zero-order valence-electron chi connectivity index (χ0n) is 11.8. The fraction of sp³-hybridized carbons (Fsp3) is 0.400. The molecule has 118 valence electrons. The highest BCUT2D eigenvalue weighted by Crippen LogP contribution is 2.42. The Morgan fingerprint density at radius 3 is 2.73 bits per heavy atom. The van der Waals surface area contributed by atoms with E-state index in [0.717, 1.165) is 10.4 Å². The molecule has 1 atom stereocenters. The largest absolute Gasteiger partial charge is 0.408 e. The third-order valence-electron chi connectivity index (χ3n) is 3.91. The molecule has 3 rings (SSSR count). The molecule has 7 heteroatoms. The van der Waals surface area contributed by atoms with Crippen molar-refractivity contribution < 1.29 is 13.2 Å². The topological polar surface area (TPSA) is 16.1 Å². The van der Waals surface area contributed by atoms with Crippen LogP contribution in [0.5, 0.6) is 0 Å². The Morgan fingerprint density at radius 2 is 2.09 bits per heavy atom. The molecule has 0 amide bonds. The quantitative estimate of drug-likeness (QED) is 0.726. The predicted octanol–water partition coefficient (Wildman–Crippen LogP) is 4.88. The minimum Gasteiger partial charge on any atom is -0.282 e. The van der Waals surface area contributed by atoms with Crippen LogP contribution < -0.4 is 0 Å². The molecule has 0 saturated carbocycles. The number of thiazole rings is 1. The van der Waals surface area contributed by atoms with Crippen molar-refractivity contribution in [1.82, 2.24) is 9.88 Å². The average molecular weight is 391 g/mol. The first-order chi connectivity index (χ1) is 10.4. The number of aryl methyl sites for hydroxylation is 1. The Balaban J connectivity index is 1.96. The maximum Gasteiger partial charge on any atom is 0.408 e. The second kappa shape index (κ2) is 5.94. The van der Waals surface area contributed by atoms with Crippen LogP contribution in [0.25, 0.3) is 0 Å². The zero-order chi connectivity index (χ0) is 15.9. The third-order valence-corrected chi connectivity index (χ3v) is 5.38. The molecular weight excluding hydrogens is 377 g/mol. The minimum atomic E-state index is -4.29. The van der Waals surface area contributed by atoms with E-state index in [1.54, 1.807) is 24.3 Å². The highest BCUT2D eigenvalue weighted by molar-refractivity contribution is 9.11. The SMILES string of the molecule is Cc1sc(Br)nc1CN1CCc2ccccc2C1C(F)(F)F. The monoisotopic (exact) mass is 390 g/mol. The summed E-state index contributed by atoms with van der Waals surface area (Å²) in [7, 11) is 0. The highest BCUT2D eigenvalue weighted by atomic mass is 79.9. The molecule has 22 heavy (non-hydrogen) atoms. The van der Waals surface area contributed by atoms with Crippen molar-refractivity contribution in [1.29, 1.82) is 0 Å². The van der Waals surface area contributed by atoms with Gasteiger partial charge in [0.1, 0.15) is 6.04 Å². The van der Waals surface area contributed by atoms with Crippen molar-refractivity contribution in [3.8, 4) is 0 Å². The summed E-state index contributed by atoms with van der Waals surface area (Å²) in [4.78, 5) is 6.74. The van der Waals surface area contributed by atoms with E-state index in [0.29, 0.717) is 28.1 Å². The molecule has 1 aliphatic heterocycles. The number of benzene rings is 1. The van der Waals surface area contributed by atoms with E-state index in [9.17, 15) is 13.2 Å². The van der Waals surface area contributed by atoms with Gasteiger partial charge in [-0.3, -0.25) is 4.90 Å². The van der Waals surface area contributed by atoms with Gasteiger partial charge in [0.15, 0.2) is 3.92 Å². The first-order valence-electron chi connectivity index (χ1n) is 6.86. The zero-order valence-corrected chi connectivity index (χ0v) is 14.2. The van der Waals surface area contributed by atoms with Crippen molar-refractivity contribution in [2.45, 2.75) is 32.1 Å². The van der Waals surface area contributed by atoms with Gasteiger partial charge in [-0.25, -0.2) is 4.98 Å². The molecule has 0 spiro atoms. The van der Waals surface area contributed by atoms with Crippen LogP contribution in [-0.2, 0) is 13.0 Å². The Morgan fingerprint density at radius 1 is 1.36 bits per heavy atom. The number of alkyl halides is 3. The molecule has 1 unspecified atom stereocenters. The number of hydrogen-bond acceptors (Lipinski definition) is 3. The van der Waals surface area contributed by atoms with Gasteiger partial charge in [-0.2, -0.15) is 13.2 Å². The Labute approximate surface area is 139 Å². The van der Waals surface area contributed by atoms with Crippen LogP contribution in [0.4, 0.5) is 13.2 Å². The third kappa shape index (κ3) is 3.07. The summed E-state index contributed by atoms with van der Waals surface area (Å²) in [6.07, 6.45) is -3.66. The van der Waals surface area contributed by atoms with Gasteiger partial charge in [-0.15, -0.1) is 11.3 Å². The fourth-order valence-corrected chi connectivity index (χ4v) is 4.48. The first kappa shape index (κ1) is 16.0. The van der Waals surface area contributed by atoms with Crippen molar-refractivity contribution >= 4 is 27.3 Å². The number of hydrogen-bond donors (Lipinski definition) is 0. The molecule has 2 aromatic rings. The van der Waals surface area contributed by atoms with Crippen LogP contribution in [-0.4, -0.2) is 22.6 Å². The molecule has 0 N–H and O–H groups in total. The summed E-state index contributed by atoms with van der Waals surface area (Å²) in [5, 5.41) is 0. The van der Waals surface area contributed by atoms with E-state index >= 15 is 0 Å². The molecule has 2 heterocycles. The number of rotatable bonds is 2. The molecule has 1 aromatic heterocycles. The Bertz CT molecular complexity index is 684. The van der Waals surface area contributed by atoms with Crippen molar-refractivity contribution in [2.24, 2.45) is 0 Å². The molecule has 0 bridgehead atoms. The van der Waals surface area contributed by atoms with Crippen LogP contribution in [0.15, 0.2) is 28.2 Å². The summed E-state index contributed by atoms with van der Waals surface area (Å²) in [5.41, 5.74) is 1.87. The smallest absolute Gasteiger partial charge is 0.282 e. The van der Waals surface area contributed by atoms with Crippen LogP contribution in [0, 0.1) is 6.92 Å². The van der Waals surface area contributed by atoms with E-state index in [2.05, 4.69) is 20.9 Å². The summed E-state index contributed by atoms with van der Waals surface area (Å²) < 4.78 is 41.5. The van der Waals surface area contributed by atoms with E-state index < -0.39 is 12.2 Å². The summed E-state index contributed by atoms with van der Waals surface area (Å²) in [5.74, 6) is 0. The van der Waals surface area contributed by atoms with Gasteiger partial charge in [0.2, 0.25) is 0 Å². The van der Waals surface area contributed by atoms with Gasteiger partial charge in [-0.05, 0) is 40.4 Å². The molecule has 0 saturated heterocycles. The number of halogens is 4. The summed E-state index contributed by atoms with van der Waals surface area (Å²) >= 11 is 4.74. The molecule has 0 aliphatic carbocycles. The molecule has 0 fully saturated rings. The maximum absolute atomic E-state index is 13.6. The van der Waals surface area contributed by atoms with E-state index in [1.807, 2.05) is 6.92 Å². The lowest BCUT2D eigenvalue weighted by molar-refractivity contribution is -0.190. The lowest BCUT2D eigenvalue weighted by Gasteiger charge is -2.38. The number of nitrogens with zero attached hydrogens (tertiary/aromatic N) is 2. The predicted molar refractivity (Wildman–Crippen MR) is 83.9 cm³/mol. The van der Waals surface area contributed by atoms with Gasteiger partial charge in [0.05, 0.1) is 5.69 Å². The van der Waals surface area contributed by atoms with Gasteiger partial charge < -0.3 is 0 Å². The van der Waals surface area contributed by atoms with Crippen molar-refractivity contribution in [3.63, 3.8) is 0 Å². The molecule has 0 radical (unpaired) electrons. The fourth-order valence-electron chi connectivity index (χ4n) is 2.90. The van der Waals surface area contributed by atoms with Crippen LogP contribution in [0.3, 0.4) is 0 Å². The van der Waals surface area contributed by atoms with Crippen molar-refractivity contribution in [2.75, 3.05) is 6.54 Å². The van der Waals surface area contributed by atoms with Gasteiger partial charge in [-0.1, -0.05) is 24.3 Å². The lowest BCUT2D eigenvalue weighted by Crippen LogP contribution is -2.42. The maximum atomic E-state index is 13.6. The van der Waals surface area contributed by atoms with E-state index in [1.165, 1.54) is 16.2 Å². The highest BCUT2D eigenvalue weighted by Gasteiger charge is 2.47. The molecule has 1 aromatic carbocycles. The van der Waals surface area contributed by atoms with Crippen molar-refractivity contribution in [3.05, 3.63) is 49.9 Å². The number of aromatic nitrogens is 1. The number of fused-ring (bicyclic) bond motifs is 1. The van der Waals surface area contributed by atoms with Gasteiger partial charge in [0.25, 0.3) is 0 Å². The molecular formula is C15H14BrF3N2S. The average Bonchev–Trinajstić information content (AvgIpc) is 2.75. The summed E-state index contributed by atoms with van der Waals surface area (Å²) in [6.45, 7) is 2.49. The van der Waals surface area contributed by atoms with Crippen LogP contribution in [0.2, 0.25) is 0 Å². The van der Waals surface area contributed by atoms with E-state index in [4.69, 9.17) is 0 Å². The van der Waals surface area contributed by atoms with Gasteiger partial charge >= 0.3 is 6.18 Å². The standard InChI is InChI=1S/C15H14BrF3N2S/c1-9-12(20-14(16)22-9)8-21-7-6-10-4-2-3-5-11(10)13(21)15(17,18)19/h2-5,13H,6-8H2,1H3. The Hall–Kier alpha value is -0.920. The normalized spacial score (nSPS) is 19.2. The van der Waals surface area contributed by atoms with Crippen LogP contribution in [0.1, 0.15) is 27.7 Å². The second-order valence-electron chi connectivity index (χ2n) is 5.33. The van der Waals surface area contributed by atoms with Gasteiger partial charge in [0, 0.05) is 18.0 Å². The first-order valence-corrected chi connectivity index (χ1v) is 8.47. The lowest BCUT2D eigenvalue weighted by atomic mass is 9.92. The van der Waals surface area contributed by atoms with Crippen LogP contribution >= 0.6 is 27.3 Å². The molecule has 2 nitrogen and oxygen atoms in total. The van der Waals surface area contributed by atoms with E-state index in [-0.39, 0.29) is 6.54 Å². The molecule has 1 aliphatic rings.